The minimum Gasteiger partial charge on any atom is -0.383 e. The molecule has 3 N–H and O–H groups in total. The van der Waals surface area contributed by atoms with Gasteiger partial charge in [0.2, 0.25) is 0 Å². The van der Waals surface area contributed by atoms with Gasteiger partial charge in [-0.25, -0.2) is 0 Å². The van der Waals surface area contributed by atoms with Crippen molar-refractivity contribution >= 4 is 5.69 Å². The van der Waals surface area contributed by atoms with Crippen LogP contribution < -0.4 is 11.1 Å². The lowest BCUT2D eigenvalue weighted by atomic mass is 10.1. The highest BCUT2D eigenvalue weighted by Gasteiger charge is 2.32. The van der Waals surface area contributed by atoms with Crippen LogP contribution in [-0.2, 0) is 6.18 Å². The van der Waals surface area contributed by atoms with Crippen molar-refractivity contribution in [2.24, 2.45) is 5.73 Å². The molecule has 0 bridgehead atoms. The van der Waals surface area contributed by atoms with Crippen LogP contribution in [0.2, 0.25) is 0 Å². The fourth-order valence-electron chi connectivity index (χ4n) is 1.02. The second-order valence-corrected chi connectivity index (χ2v) is 2.67. The summed E-state index contributed by atoms with van der Waals surface area (Å²) >= 11 is 0. The van der Waals surface area contributed by atoms with E-state index in [1.165, 1.54) is 12.1 Å². The summed E-state index contributed by atoms with van der Waals surface area (Å²) in [5.74, 6) is 0. The van der Waals surface area contributed by atoms with E-state index in [1.807, 2.05) is 0 Å². The van der Waals surface area contributed by atoms with Crippen molar-refractivity contribution in [3.63, 3.8) is 0 Å². The Labute approximate surface area is 79.9 Å². The number of alkyl halides is 3. The van der Waals surface area contributed by atoms with Gasteiger partial charge in [0.1, 0.15) is 0 Å². The molecule has 0 unspecified atom stereocenters. The summed E-state index contributed by atoms with van der Waals surface area (Å²) in [5, 5.41) is 2.57. The predicted octanol–water partition coefficient (Wildman–Crippen LogP) is 1.88. The van der Waals surface area contributed by atoms with E-state index >= 15 is 0 Å². The van der Waals surface area contributed by atoms with E-state index in [2.05, 4.69) is 11.4 Å². The van der Waals surface area contributed by atoms with E-state index in [0.717, 1.165) is 6.07 Å². The molecule has 1 radical (unpaired) electrons. The highest BCUT2D eigenvalue weighted by molar-refractivity contribution is 5.51. The van der Waals surface area contributed by atoms with Crippen LogP contribution in [0.5, 0.6) is 0 Å². The second-order valence-electron chi connectivity index (χ2n) is 2.67. The molecule has 5 heteroatoms. The number of nitrogens with one attached hydrogen (secondary N) is 1. The first kappa shape index (κ1) is 10.8. The summed E-state index contributed by atoms with van der Waals surface area (Å²) in [6.07, 6.45) is -4.35. The maximum Gasteiger partial charge on any atom is 0.418 e. The number of halogens is 3. The maximum atomic E-state index is 12.4. The van der Waals surface area contributed by atoms with Gasteiger partial charge in [0.25, 0.3) is 0 Å². The molecule has 0 spiro atoms. The molecule has 2 nitrogen and oxygen atoms in total. The Morgan fingerprint density at radius 1 is 1.43 bits per heavy atom. The molecule has 0 fully saturated rings. The van der Waals surface area contributed by atoms with E-state index in [0.29, 0.717) is 6.54 Å². The molecular weight excluding hydrogens is 193 g/mol. The molecule has 1 aromatic rings. The SMILES string of the molecule is NCCNc1[c]cccc1C(F)(F)F. The molecule has 1 rings (SSSR count). The third kappa shape index (κ3) is 2.63. The van der Waals surface area contributed by atoms with Crippen LogP contribution in [-0.4, -0.2) is 13.1 Å². The number of para-hydroxylation sites is 1. The molecule has 0 aromatic heterocycles. The molecule has 14 heavy (non-hydrogen) atoms. The van der Waals surface area contributed by atoms with Gasteiger partial charge >= 0.3 is 6.18 Å². The summed E-state index contributed by atoms with van der Waals surface area (Å²) in [5.41, 5.74) is 4.41. The Balaban J connectivity index is 2.92. The van der Waals surface area contributed by atoms with Crippen LogP contribution >= 0.6 is 0 Å². The molecule has 0 aliphatic carbocycles. The number of anilines is 1. The van der Waals surface area contributed by atoms with Crippen molar-refractivity contribution in [1.29, 1.82) is 0 Å². The van der Waals surface area contributed by atoms with Gasteiger partial charge in [-0.1, -0.05) is 12.1 Å². The third-order valence-corrected chi connectivity index (χ3v) is 1.61. The topological polar surface area (TPSA) is 38.0 Å². The lowest BCUT2D eigenvalue weighted by Gasteiger charge is -2.13. The first-order valence-corrected chi connectivity index (χ1v) is 4.07. The van der Waals surface area contributed by atoms with Gasteiger partial charge in [-0.15, -0.1) is 0 Å². The lowest BCUT2D eigenvalue weighted by molar-refractivity contribution is -0.137. The monoisotopic (exact) mass is 203 g/mol. The Morgan fingerprint density at radius 3 is 2.71 bits per heavy atom. The Kier molecular flexibility index (Phi) is 3.35. The van der Waals surface area contributed by atoms with Gasteiger partial charge < -0.3 is 11.1 Å². The summed E-state index contributed by atoms with van der Waals surface area (Å²) in [6, 6.07) is 6.23. The Bertz CT molecular complexity index is 296. The van der Waals surface area contributed by atoms with Gasteiger partial charge in [-0.2, -0.15) is 13.2 Å². The molecule has 0 saturated heterocycles. The van der Waals surface area contributed by atoms with Crippen molar-refractivity contribution in [3.8, 4) is 0 Å². The minimum atomic E-state index is -4.35. The average Bonchev–Trinajstić information content (AvgIpc) is 2.14. The highest BCUT2D eigenvalue weighted by atomic mass is 19.4. The summed E-state index contributed by atoms with van der Waals surface area (Å²) in [4.78, 5) is 0. The normalized spacial score (nSPS) is 11.4. The zero-order valence-electron chi connectivity index (χ0n) is 7.36. The van der Waals surface area contributed by atoms with Crippen LogP contribution in [0.3, 0.4) is 0 Å². The van der Waals surface area contributed by atoms with Crippen LogP contribution in [0, 0.1) is 6.07 Å². The molecule has 0 heterocycles. The standard InChI is InChI=1S/C9H10F3N2/c10-9(11,12)7-3-1-2-4-8(7)14-6-5-13/h1-3,14H,5-6,13H2. The zero-order chi connectivity index (χ0) is 10.6. The number of rotatable bonds is 3. The Hall–Kier alpha value is -1.23. The van der Waals surface area contributed by atoms with Crippen molar-refractivity contribution in [3.05, 3.63) is 29.8 Å². The van der Waals surface area contributed by atoms with Crippen molar-refractivity contribution in [2.45, 2.75) is 6.18 Å². The van der Waals surface area contributed by atoms with E-state index in [-0.39, 0.29) is 12.2 Å². The molecule has 0 aliphatic rings. The van der Waals surface area contributed by atoms with Gasteiger partial charge in [0.05, 0.1) is 11.3 Å². The fourth-order valence-corrected chi connectivity index (χ4v) is 1.02. The number of benzene rings is 1. The van der Waals surface area contributed by atoms with Gasteiger partial charge in [-0.05, 0) is 6.07 Å². The summed E-state index contributed by atoms with van der Waals surface area (Å²) in [6.45, 7) is 0.573. The zero-order valence-corrected chi connectivity index (χ0v) is 7.36. The van der Waals surface area contributed by atoms with E-state index < -0.39 is 11.7 Å². The van der Waals surface area contributed by atoms with Crippen LogP contribution in [0.25, 0.3) is 0 Å². The molecule has 0 atom stereocenters. The molecule has 0 amide bonds. The first-order chi connectivity index (χ1) is 6.55. The number of hydrogen-bond donors (Lipinski definition) is 2. The minimum absolute atomic E-state index is 0.0505. The third-order valence-electron chi connectivity index (χ3n) is 1.61. The van der Waals surface area contributed by atoms with Crippen LogP contribution in [0.1, 0.15) is 5.56 Å². The number of hydrogen-bond acceptors (Lipinski definition) is 2. The van der Waals surface area contributed by atoms with Crippen molar-refractivity contribution < 1.29 is 13.2 Å². The molecule has 0 aliphatic heterocycles. The average molecular weight is 203 g/mol. The molecule has 1 aromatic carbocycles. The Morgan fingerprint density at radius 2 is 2.14 bits per heavy atom. The quantitative estimate of drug-likeness (QED) is 0.787. The molecular formula is C9H10F3N2. The predicted molar refractivity (Wildman–Crippen MR) is 47.8 cm³/mol. The summed E-state index contributed by atoms with van der Waals surface area (Å²) in [7, 11) is 0. The molecule has 0 saturated carbocycles. The van der Waals surface area contributed by atoms with Crippen LogP contribution in [0.4, 0.5) is 18.9 Å². The van der Waals surface area contributed by atoms with Crippen molar-refractivity contribution in [2.75, 3.05) is 18.4 Å². The second kappa shape index (κ2) is 4.32. The maximum absolute atomic E-state index is 12.4. The van der Waals surface area contributed by atoms with Gasteiger partial charge in [0, 0.05) is 19.2 Å². The van der Waals surface area contributed by atoms with Gasteiger partial charge in [-0.3, -0.25) is 0 Å². The van der Waals surface area contributed by atoms with E-state index in [9.17, 15) is 13.2 Å². The molecule has 77 valence electrons. The van der Waals surface area contributed by atoms with E-state index in [1.54, 1.807) is 0 Å². The van der Waals surface area contributed by atoms with Gasteiger partial charge in [0.15, 0.2) is 0 Å². The smallest absolute Gasteiger partial charge is 0.383 e. The fraction of sp³-hybridized carbons (Fsp3) is 0.333. The van der Waals surface area contributed by atoms with Crippen LogP contribution in [0.15, 0.2) is 18.2 Å². The number of nitrogens with two attached hydrogens (primary N) is 1. The summed E-state index contributed by atoms with van der Waals surface area (Å²) < 4.78 is 37.2. The van der Waals surface area contributed by atoms with Crippen molar-refractivity contribution in [1.82, 2.24) is 0 Å². The first-order valence-electron chi connectivity index (χ1n) is 4.07. The lowest BCUT2D eigenvalue weighted by Crippen LogP contribution is -2.16. The highest BCUT2D eigenvalue weighted by Crippen LogP contribution is 2.34. The largest absolute Gasteiger partial charge is 0.418 e. The van der Waals surface area contributed by atoms with E-state index in [4.69, 9.17) is 5.73 Å².